The molecule has 0 aliphatic carbocycles. The third-order valence-corrected chi connectivity index (χ3v) is 2.61. The van der Waals surface area contributed by atoms with Crippen molar-refractivity contribution in [2.75, 3.05) is 0 Å². The molecule has 19 heavy (non-hydrogen) atoms. The van der Waals surface area contributed by atoms with Gasteiger partial charge in [0.05, 0.1) is 12.5 Å². The van der Waals surface area contributed by atoms with Gasteiger partial charge in [0, 0.05) is 6.42 Å². The van der Waals surface area contributed by atoms with Crippen molar-refractivity contribution in [2.45, 2.75) is 18.5 Å². The molecule has 2 atom stereocenters. The van der Waals surface area contributed by atoms with E-state index in [0.29, 0.717) is 11.5 Å². The van der Waals surface area contributed by atoms with Gasteiger partial charge in [0.25, 0.3) is 0 Å². The number of isocyanates is 2. The standard InChI is InChI=1S/C13H10N2O4/c16-8-14-10(12-3-1-5-18-12)7-11(15-9-17)13-4-2-6-19-13/h1-6,10-11H,7H2. The van der Waals surface area contributed by atoms with Crippen molar-refractivity contribution in [1.29, 1.82) is 0 Å². The molecule has 0 aromatic carbocycles. The van der Waals surface area contributed by atoms with Gasteiger partial charge >= 0.3 is 0 Å². The fraction of sp³-hybridized carbons (Fsp3) is 0.231. The minimum Gasteiger partial charge on any atom is -0.467 e. The molecule has 2 unspecified atom stereocenters. The number of nitrogens with zero attached hydrogens (tertiary/aromatic N) is 2. The molecule has 6 nitrogen and oxygen atoms in total. The van der Waals surface area contributed by atoms with Crippen molar-refractivity contribution in [2.24, 2.45) is 9.98 Å². The Morgan fingerprint density at radius 3 is 1.74 bits per heavy atom. The average molecular weight is 258 g/mol. The van der Waals surface area contributed by atoms with Crippen LogP contribution < -0.4 is 0 Å². The first kappa shape index (κ1) is 12.8. The van der Waals surface area contributed by atoms with Gasteiger partial charge in [-0.05, 0) is 24.3 Å². The molecule has 0 fully saturated rings. The summed E-state index contributed by atoms with van der Waals surface area (Å²) in [7, 11) is 0. The van der Waals surface area contributed by atoms with E-state index in [1.54, 1.807) is 24.3 Å². The Kier molecular flexibility index (Phi) is 4.24. The summed E-state index contributed by atoms with van der Waals surface area (Å²) < 4.78 is 10.4. The summed E-state index contributed by atoms with van der Waals surface area (Å²) >= 11 is 0. The van der Waals surface area contributed by atoms with Crippen LogP contribution in [0.15, 0.2) is 55.6 Å². The van der Waals surface area contributed by atoms with E-state index < -0.39 is 12.1 Å². The van der Waals surface area contributed by atoms with Crippen LogP contribution in [0.1, 0.15) is 30.0 Å². The largest absolute Gasteiger partial charge is 0.467 e. The molecule has 2 aromatic heterocycles. The molecule has 0 aliphatic rings. The highest BCUT2D eigenvalue weighted by Gasteiger charge is 2.22. The van der Waals surface area contributed by atoms with Crippen LogP contribution in [0.3, 0.4) is 0 Å². The van der Waals surface area contributed by atoms with Crippen molar-refractivity contribution < 1.29 is 18.4 Å². The van der Waals surface area contributed by atoms with Crippen molar-refractivity contribution in [3.63, 3.8) is 0 Å². The van der Waals surface area contributed by atoms with E-state index in [0.717, 1.165) is 0 Å². The summed E-state index contributed by atoms with van der Waals surface area (Å²) in [6.45, 7) is 0. The minimum absolute atomic E-state index is 0.255. The molecular formula is C13H10N2O4. The number of carbonyl (C=O) groups excluding carboxylic acids is 2. The maximum absolute atomic E-state index is 10.5. The number of aliphatic imine (C=N–C) groups is 2. The van der Waals surface area contributed by atoms with E-state index in [1.165, 1.54) is 24.7 Å². The zero-order chi connectivity index (χ0) is 13.5. The Hall–Kier alpha value is -2.68. The van der Waals surface area contributed by atoms with Crippen molar-refractivity contribution in [3.05, 3.63) is 48.3 Å². The Balaban J connectivity index is 2.23. The summed E-state index contributed by atoms with van der Waals surface area (Å²) in [5.41, 5.74) is 0. The number of furan rings is 2. The second-order valence-electron chi connectivity index (χ2n) is 3.74. The van der Waals surface area contributed by atoms with E-state index >= 15 is 0 Å². The number of hydrogen-bond donors (Lipinski definition) is 0. The highest BCUT2D eigenvalue weighted by molar-refractivity contribution is 5.36. The van der Waals surface area contributed by atoms with Crippen molar-refractivity contribution in [3.8, 4) is 0 Å². The van der Waals surface area contributed by atoms with E-state index in [9.17, 15) is 9.59 Å². The molecular weight excluding hydrogens is 248 g/mol. The van der Waals surface area contributed by atoms with Gasteiger partial charge < -0.3 is 8.83 Å². The molecule has 0 bridgehead atoms. The maximum atomic E-state index is 10.5. The molecule has 6 heteroatoms. The minimum atomic E-state index is -0.570. The lowest BCUT2D eigenvalue weighted by Crippen LogP contribution is -2.02. The van der Waals surface area contributed by atoms with Crippen LogP contribution in [-0.2, 0) is 9.59 Å². The molecule has 2 aromatic rings. The Bertz CT molecular complexity index is 536. The molecule has 0 aliphatic heterocycles. The summed E-state index contributed by atoms with van der Waals surface area (Å²) in [4.78, 5) is 28.3. The summed E-state index contributed by atoms with van der Waals surface area (Å²) in [5, 5.41) is 0. The van der Waals surface area contributed by atoms with Crippen molar-refractivity contribution in [1.82, 2.24) is 0 Å². The Labute approximate surface area is 108 Å². The second kappa shape index (κ2) is 6.31. The zero-order valence-corrected chi connectivity index (χ0v) is 9.85. The Morgan fingerprint density at radius 2 is 1.42 bits per heavy atom. The van der Waals surface area contributed by atoms with E-state index in [4.69, 9.17) is 8.83 Å². The average Bonchev–Trinajstić information content (AvgIpc) is 3.10. The van der Waals surface area contributed by atoms with Gasteiger partial charge in [0.15, 0.2) is 0 Å². The topological polar surface area (TPSA) is 85.1 Å². The normalized spacial score (nSPS) is 13.1. The monoisotopic (exact) mass is 258 g/mol. The summed E-state index contributed by atoms with van der Waals surface area (Å²) in [6, 6.07) is 5.62. The van der Waals surface area contributed by atoms with Gasteiger partial charge in [-0.15, -0.1) is 0 Å². The SMILES string of the molecule is O=C=NC(CC(N=C=O)c1ccco1)c1ccco1. The smallest absolute Gasteiger partial charge is 0.235 e. The van der Waals surface area contributed by atoms with Crippen LogP contribution in [-0.4, -0.2) is 12.2 Å². The predicted molar refractivity (Wildman–Crippen MR) is 63.8 cm³/mol. The summed E-state index contributed by atoms with van der Waals surface area (Å²) in [6.07, 6.45) is 6.20. The third kappa shape index (κ3) is 3.16. The molecule has 2 heterocycles. The van der Waals surface area contributed by atoms with Crippen LogP contribution >= 0.6 is 0 Å². The van der Waals surface area contributed by atoms with Gasteiger partial charge in [-0.2, -0.15) is 9.98 Å². The third-order valence-electron chi connectivity index (χ3n) is 2.61. The van der Waals surface area contributed by atoms with Crippen LogP contribution in [0.2, 0.25) is 0 Å². The fourth-order valence-corrected chi connectivity index (χ4v) is 1.77. The van der Waals surface area contributed by atoms with Crippen molar-refractivity contribution >= 4 is 12.2 Å². The number of hydrogen-bond acceptors (Lipinski definition) is 6. The molecule has 0 saturated carbocycles. The molecule has 0 amide bonds. The van der Waals surface area contributed by atoms with Crippen LogP contribution in [0.4, 0.5) is 0 Å². The predicted octanol–water partition coefficient (Wildman–Crippen LogP) is 2.72. The van der Waals surface area contributed by atoms with Crippen LogP contribution in [0.25, 0.3) is 0 Å². The maximum Gasteiger partial charge on any atom is 0.235 e. The Morgan fingerprint density at radius 1 is 0.947 bits per heavy atom. The first-order chi connectivity index (χ1) is 9.35. The zero-order valence-electron chi connectivity index (χ0n) is 9.85. The lowest BCUT2D eigenvalue weighted by molar-refractivity contribution is 0.396. The van der Waals surface area contributed by atoms with Gasteiger partial charge in [-0.3, -0.25) is 0 Å². The van der Waals surface area contributed by atoms with Gasteiger partial charge in [0.1, 0.15) is 23.6 Å². The summed E-state index contributed by atoms with van der Waals surface area (Å²) in [5.74, 6) is 1.00. The lowest BCUT2D eigenvalue weighted by atomic mass is 10.0. The van der Waals surface area contributed by atoms with Gasteiger partial charge in [-0.1, -0.05) is 0 Å². The first-order valence-corrected chi connectivity index (χ1v) is 5.56. The van der Waals surface area contributed by atoms with Crippen LogP contribution in [0, 0.1) is 0 Å². The van der Waals surface area contributed by atoms with E-state index in [-0.39, 0.29) is 6.42 Å². The molecule has 96 valence electrons. The highest BCUT2D eigenvalue weighted by atomic mass is 16.3. The lowest BCUT2D eigenvalue weighted by Gasteiger charge is -2.12. The van der Waals surface area contributed by atoms with E-state index in [2.05, 4.69) is 9.98 Å². The first-order valence-electron chi connectivity index (χ1n) is 5.56. The molecule has 2 rings (SSSR count). The van der Waals surface area contributed by atoms with Gasteiger partial charge in [-0.25, -0.2) is 9.59 Å². The highest BCUT2D eigenvalue weighted by Crippen LogP contribution is 2.31. The van der Waals surface area contributed by atoms with Crippen LogP contribution in [0.5, 0.6) is 0 Å². The van der Waals surface area contributed by atoms with E-state index in [1.807, 2.05) is 0 Å². The molecule has 0 radical (unpaired) electrons. The molecule has 0 saturated heterocycles. The number of rotatable bonds is 6. The second-order valence-corrected chi connectivity index (χ2v) is 3.74. The quantitative estimate of drug-likeness (QED) is 0.588. The van der Waals surface area contributed by atoms with Gasteiger partial charge in [0.2, 0.25) is 12.2 Å². The molecule has 0 spiro atoms. The molecule has 0 N–H and O–H groups in total. The fourth-order valence-electron chi connectivity index (χ4n) is 1.77.